The standard InChI is InChI=1S/C10H12.C4H8.C2H2/c1-8(2)10-6-4-9(3)5-7-10;1-3-4-2;1-2/h4-7H,1H2,2-3H3;3-4H,1-2H3;1-2H/b;4-3-;. The van der Waals surface area contributed by atoms with E-state index in [-0.39, 0.29) is 0 Å². The van der Waals surface area contributed by atoms with Gasteiger partial charge in [-0.05, 0) is 33.3 Å². The third-order valence-electron chi connectivity index (χ3n) is 1.88. The normalized spacial score (nSPS) is 8.38. The SMILES string of the molecule is C#C.C/C=C\C.C=C(C)c1ccc(C)cc1. The molecule has 0 heteroatoms. The summed E-state index contributed by atoms with van der Waals surface area (Å²) in [7, 11) is 0. The predicted molar refractivity (Wildman–Crippen MR) is 76.3 cm³/mol. The number of hydrogen-bond donors (Lipinski definition) is 0. The lowest BCUT2D eigenvalue weighted by Crippen LogP contribution is -1.76. The smallest absolute Gasteiger partial charge is 0.0233 e. The van der Waals surface area contributed by atoms with E-state index < -0.39 is 0 Å². The monoisotopic (exact) mass is 214 g/mol. The van der Waals surface area contributed by atoms with E-state index >= 15 is 0 Å². The van der Waals surface area contributed by atoms with Gasteiger partial charge in [0.05, 0.1) is 0 Å². The lowest BCUT2D eigenvalue weighted by atomic mass is 10.1. The number of benzene rings is 1. The van der Waals surface area contributed by atoms with Gasteiger partial charge >= 0.3 is 0 Å². The molecular weight excluding hydrogens is 192 g/mol. The molecule has 0 unspecified atom stereocenters. The number of rotatable bonds is 1. The molecule has 16 heavy (non-hydrogen) atoms. The Balaban J connectivity index is 0. The van der Waals surface area contributed by atoms with Crippen molar-refractivity contribution >= 4 is 5.57 Å². The maximum Gasteiger partial charge on any atom is -0.0233 e. The Labute approximate surface area is 101 Å². The maximum atomic E-state index is 4.00. The number of terminal acetylenes is 1. The van der Waals surface area contributed by atoms with Crippen LogP contribution in [0.5, 0.6) is 0 Å². The van der Waals surface area contributed by atoms with E-state index in [0.29, 0.717) is 0 Å². The summed E-state index contributed by atoms with van der Waals surface area (Å²) in [5.74, 6) is 0. The van der Waals surface area contributed by atoms with Crippen molar-refractivity contribution in [3.05, 3.63) is 54.1 Å². The quantitative estimate of drug-likeness (QED) is 0.462. The van der Waals surface area contributed by atoms with Gasteiger partial charge in [0, 0.05) is 0 Å². The van der Waals surface area contributed by atoms with E-state index in [1.165, 1.54) is 11.1 Å². The maximum absolute atomic E-state index is 4.00. The predicted octanol–water partition coefficient (Wildman–Crippen LogP) is 4.86. The average Bonchev–Trinajstić information content (AvgIpc) is 2.32. The summed E-state index contributed by atoms with van der Waals surface area (Å²) in [6.45, 7) is 12.0. The molecule has 0 atom stereocenters. The molecule has 0 saturated carbocycles. The van der Waals surface area contributed by atoms with Crippen molar-refractivity contribution in [3.8, 4) is 12.8 Å². The van der Waals surface area contributed by atoms with Crippen LogP contribution < -0.4 is 0 Å². The molecule has 0 nitrogen and oxygen atoms in total. The number of hydrogen-bond acceptors (Lipinski definition) is 0. The molecule has 1 aromatic carbocycles. The fourth-order valence-electron chi connectivity index (χ4n) is 0.838. The zero-order valence-corrected chi connectivity index (χ0v) is 10.8. The van der Waals surface area contributed by atoms with E-state index in [1.54, 1.807) is 0 Å². The van der Waals surface area contributed by atoms with Crippen LogP contribution in [0.4, 0.5) is 0 Å². The van der Waals surface area contributed by atoms with Gasteiger partial charge in [-0.1, -0.05) is 54.1 Å². The van der Waals surface area contributed by atoms with E-state index in [0.717, 1.165) is 5.57 Å². The first-order valence-electron chi connectivity index (χ1n) is 5.25. The zero-order chi connectivity index (χ0) is 13.0. The van der Waals surface area contributed by atoms with Crippen molar-refractivity contribution in [1.29, 1.82) is 0 Å². The molecule has 0 heterocycles. The highest BCUT2D eigenvalue weighted by Crippen LogP contribution is 2.11. The van der Waals surface area contributed by atoms with Crippen LogP contribution in [0.25, 0.3) is 5.57 Å². The third kappa shape index (κ3) is 8.84. The second-order valence-corrected chi connectivity index (χ2v) is 3.31. The van der Waals surface area contributed by atoms with Gasteiger partial charge in [-0.2, -0.15) is 0 Å². The Bertz CT molecular complexity index is 319. The third-order valence-corrected chi connectivity index (χ3v) is 1.88. The summed E-state index contributed by atoms with van der Waals surface area (Å²) in [6.07, 6.45) is 12.0. The van der Waals surface area contributed by atoms with E-state index in [4.69, 9.17) is 0 Å². The van der Waals surface area contributed by atoms with Gasteiger partial charge in [0.25, 0.3) is 0 Å². The fourth-order valence-corrected chi connectivity index (χ4v) is 0.838. The minimum atomic E-state index is 1.13. The van der Waals surface area contributed by atoms with E-state index in [2.05, 4.69) is 50.6 Å². The van der Waals surface area contributed by atoms with Gasteiger partial charge in [-0.15, -0.1) is 12.8 Å². The highest BCUT2D eigenvalue weighted by Gasteiger charge is 1.89. The van der Waals surface area contributed by atoms with Gasteiger partial charge in [0.15, 0.2) is 0 Å². The molecule has 0 aliphatic heterocycles. The summed E-state index contributed by atoms with van der Waals surface area (Å²) < 4.78 is 0. The van der Waals surface area contributed by atoms with Crippen LogP contribution in [-0.4, -0.2) is 0 Å². The second-order valence-electron chi connectivity index (χ2n) is 3.31. The van der Waals surface area contributed by atoms with Gasteiger partial charge < -0.3 is 0 Å². The lowest BCUT2D eigenvalue weighted by Gasteiger charge is -1.98. The molecule has 0 aromatic heterocycles. The molecule has 0 N–H and O–H groups in total. The lowest BCUT2D eigenvalue weighted by molar-refractivity contribution is 1.45. The minimum absolute atomic E-state index is 1.13. The Morgan fingerprint density at radius 3 is 1.69 bits per heavy atom. The van der Waals surface area contributed by atoms with Gasteiger partial charge in [-0.3, -0.25) is 0 Å². The number of allylic oxidation sites excluding steroid dienone is 3. The first-order valence-corrected chi connectivity index (χ1v) is 5.25. The van der Waals surface area contributed by atoms with Crippen LogP contribution in [0.2, 0.25) is 0 Å². The molecular formula is C16H22. The summed E-state index contributed by atoms with van der Waals surface area (Å²) in [5.41, 5.74) is 3.65. The second kappa shape index (κ2) is 11.3. The van der Waals surface area contributed by atoms with Crippen molar-refractivity contribution in [3.63, 3.8) is 0 Å². The molecule has 0 radical (unpaired) electrons. The molecule has 0 bridgehead atoms. The van der Waals surface area contributed by atoms with Crippen molar-refractivity contribution in [2.75, 3.05) is 0 Å². The molecule has 0 fully saturated rings. The van der Waals surface area contributed by atoms with Gasteiger partial charge in [0.2, 0.25) is 0 Å². The van der Waals surface area contributed by atoms with Crippen molar-refractivity contribution in [2.24, 2.45) is 0 Å². The molecule has 1 aromatic rings. The summed E-state index contributed by atoms with van der Waals surface area (Å²) in [5, 5.41) is 0. The molecule has 0 spiro atoms. The van der Waals surface area contributed by atoms with Crippen LogP contribution in [0, 0.1) is 19.8 Å². The van der Waals surface area contributed by atoms with Crippen molar-refractivity contribution in [2.45, 2.75) is 27.7 Å². The highest BCUT2D eigenvalue weighted by molar-refractivity contribution is 5.61. The first kappa shape index (κ1) is 16.7. The average molecular weight is 214 g/mol. The molecule has 0 saturated heterocycles. The number of aryl methyl sites for hydroxylation is 1. The van der Waals surface area contributed by atoms with Crippen LogP contribution in [0.15, 0.2) is 43.0 Å². The Kier molecular flexibility index (Phi) is 11.8. The van der Waals surface area contributed by atoms with Crippen LogP contribution in [-0.2, 0) is 0 Å². The van der Waals surface area contributed by atoms with E-state index in [9.17, 15) is 0 Å². The summed E-state index contributed by atoms with van der Waals surface area (Å²) >= 11 is 0. The molecule has 0 aliphatic carbocycles. The first-order chi connectivity index (χ1) is 7.61. The van der Waals surface area contributed by atoms with E-state index in [1.807, 2.05) is 32.9 Å². The summed E-state index contributed by atoms with van der Waals surface area (Å²) in [6, 6.07) is 8.39. The largest absolute Gasteiger partial charge is 0.124 e. The zero-order valence-electron chi connectivity index (χ0n) is 10.8. The minimum Gasteiger partial charge on any atom is -0.124 e. The van der Waals surface area contributed by atoms with Crippen LogP contribution >= 0.6 is 0 Å². The van der Waals surface area contributed by atoms with Crippen molar-refractivity contribution < 1.29 is 0 Å². The van der Waals surface area contributed by atoms with Crippen LogP contribution in [0.3, 0.4) is 0 Å². The Hall–Kier alpha value is -1.74. The van der Waals surface area contributed by atoms with Gasteiger partial charge in [0.1, 0.15) is 0 Å². The molecule has 0 aliphatic rings. The molecule has 1 rings (SSSR count). The fraction of sp³-hybridized carbons (Fsp3) is 0.250. The summed E-state index contributed by atoms with van der Waals surface area (Å²) in [4.78, 5) is 0. The topological polar surface area (TPSA) is 0 Å². The highest BCUT2D eigenvalue weighted by atomic mass is 13.9. The Morgan fingerprint density at radius 2 is 1.44 bits per heavy atom. The van der Waals surface area contributed by atoms with Gasteiger partial charge in [-0.25, -0.2) is 0 Å². The Morgan fingerprint density at radius 1 is 1.06 bits per heavy atom. The molecule has 86 valence electrons. The molecule has 0 amide bonds. The van der Waals surface area contributed by atoms with Crippen LogP contribution in [0.1, 0.15) is 31.9 Å². The van der Waals surface area contributed by atoms with Crippen molar-refractivity contribution in [1.82, 2.24) is 0 Å².